The lowest BCUT2D eigenvalue weighted by molar-refractivity contribution is 0.0946. The van der Waals surface area contributed by atoms with Crippen LogP contribution in [0.2, 0.25) is 0 Å². The maximum Gasteiger partial charge on any atom is 0.271 e. The van der Waals surface area contributed by atoms with Crippen LogP contribution in [0.5, 0.6) is 0 Å². The lowest BCUT2D eigenvalue weighted by atomic mass is 9.94. The van der Waals surface area contributed by atoms with Gasteiger partial charge in [0, 0.05) is 31.1 Å². The predicted octanol–water partition coefficient (Wildman–Crippen LogP) is 4.14. The lowest BCUT2D eigenvalue weighted by Crippen LogP contribution is -2.33. The van der Waals surface area contributed by atoms with Crippen LogP contribution in [0.3, 0.4) is 0 Å². The average molecular weight is 445 g/mol. The molecule has 0 aliphatic heterocycles. The van der Waals surface area contributed by atoms with Gasteiger partial charge in [0.05, 0.1) is 0 Å². The van der Waals surface area contributed by atoms with Crippen LogP contribution in [0, 0.1) is 0 Å². The summed E-state index contributed by atoms with van der Waals surface area (Å²) in [5.41, 5.74) is 8.46. The zero-order chi connectivity index (χ0) is 18.4. The number of hydrogen-bond acceptors (Lipinski definition) is 5. The number of aromatic nitrogens is 1. The highest BCUT2D eigenvalue weighted by Gasteiger charge is 2.19. The van der Waals surface area contributed by atoms with Gasteiger partial charge in [-0.1, -0.05) is 43.5 Å². The summed E-state index contributed by atoms with van der Waals surface area (Å²) in [6.07, 6.45) is 6.64. The van der Waals surface area contributed by atoms with Crippen LogP contribution < -0.4 is 11.1 Å². The Morgan fingerprint density at radius 3 is 2.54 bits per heavy atom. The standard InChI is InChI=1S/C20H28N4OS.2ClH/c1-24(17-9-3-2-4-10-17)13-16-8-6-5-7-15(16)12-22-20(25)18-14-26-19(11-21)23-18;;/h5-8,14,17H,2-4,9-13,21H2,1H3,(H,22,25);2*1H. The smallest absolute Gasteiger partial charge is 0.271 e. The molecular weight excluding hydrogens is 415 g/mol. The van der Waals surface area contributed by atoms with Crippen LogP contribution in [0.15, 0.2) is 29.6 Å². The van der Waals surface area contributed by atoms with Gasteiger partial charge >= 0.3 is 0 Å². The monoisotopic (exact) mass is 444 g/mol. The number of nitrogens with zero attached hydrogens (tertiary/aromatic N) is 2. The van der Waals surface area contributed by atoms with Crippen LogP contribution in [0.1, 0.15) is 58.7 Å². The highest BCUT2D eigenvalue weighted by atomic mass is 35.5. The van der Waals surface area contributed by atoms with Crippen molar-refractivity contribution in [2.24, 2.45) is 5.73 Å². The number of halogens is 2. The first kappa shape index (κ1) is 24.9. The summed E-state index contributed by atoms with van der Waals surface area (Å²) >= 11 is 1.42. The van der Waals surface area contributed by atoms with Crippen molar-refractivity contribution in [1.82, 2.24) is 15.2 Å². The van der Waals surface area contributed by atoms with E-state index >= 15 is 0 Å². The topological polar surface area (TPSA) is 71.2 Å². The molecule has 8 heteroatoms. The quantitative estimate of drug-likeness (QED) is 0.672. The number of amides is 1. The molecule has 3 N–H and O–H groups in total. The van der Waals surface area contributed by atoms with E-state index in [1.54, 1.807) is 5.38 Å². The third-order valence-corrected chi connectivity index (χ3v) is 6.01. The molecule has 0 unspecified atom stereocenters. The maximum atomic E-state index is 12.3. The van der Waals surface area contributed by atoms with Crippen molar-refractivity contribution in [2.75, 3.05) is 7.05 Å². The SMILES string of the molecule is CN(Cc1ccccc1CNC(=O)c1csc(CN)n1)C1CCCCC1.Cl.Cl. The van der Waals surface area contributed by atoms with Crippen LogP contribution in [-0.4, -0.2) is 28.9 Å². The van der Waals surface area contributed by atoms with E-state index in [4.69, 9.17) is 5.73 Å². The second kappa shape index (κ2) is 12.4. The third-order valence-electron chi connectivity index (χ3n) is 5.13. The Hall–Kier alpha value is -1.18. The van der Waals surface area contributed by atoms with Gasteiger partial charge in [-0.3, -0.25) is 9.69 Å². The van der Waals surface area contributed by atoms with Crippen molar-refractivity contribution < 1.29 is 4.79 Å². The van der Waals surface area contributed by atoms with Gasteiger partial charge in [-0.2, -0.15) is 0 Å². The minimum atomic E-state index is -0.142. The first-order valence-electron chi connectivity index (χ1n) is 9.37. The zero-order valence-electron chi connectivity index (χ0n) is 16.2. The number of rotatable bonds is 7. The fraction of sp³-hybridized carbons (Fsp3) is 0.500. The minimum absolute atomic E-state index is 0. The second-order valence-corrected chi connectivity index (χ2v) is 7.93. The Bertz CT molecular complexity index is 735. The van der Waals surface area contributed by atoms with E-state index in [2.05, 4.69) is 40.4 Å². The molecule has 1 saturated carbocycles. The molecule has 3 rings (SSSR count). The fourth-order valence-corrected chi connectivity index (χ4v) is 4.23. The minimum Gasteiger partial charge on any atom is -0.347 e. The number of nitrogens with one attached hydrogen (secondary N) is 1. The van der Waals surface area contributed by atoms with Crippen molar-refractivity contribution in [1.29, 1.82) is 0 Å². The van der Waals surface area contributed by atoms with Crippen LogP contribution >= 0.6 is 36.2 Å². The summed E-state index contributed by atoms with van der Waals surface area (Å²) in [6.45, 7) is 1.81. The molecule has 0 atom stereocenters. The first-order valence-corrected chi connectivity index (χ1v) is 10.2. The molecule has 0 spiro atoms. The highest BCUT2D eigenvalue weighted by molar-refractivity contribution is 7.09. The molecule has 0 bridgehead atoms. The van der Waals surface area contributed by atoms with Gasteiger partial charge < -0.3 is 11.1 Å². The van der Waals surface area contributed by atoms with Gasteiger partial charge in [0.2, 0.25) is 0 Å². The highest BCUT2D eigenvalue weighted by Crippen LogP contribution is 2.23. The van der Waals surface area contributed by atoms with Gasteiger partial charge in [0.25, 0.3) is 5.91 Å². The molecule has 1 amide bonds. The van der Waals surface area contributed by atoms with E-state index in [0.29, 0.717) is 24.8 Å². The van der Waals surface area contributed by atoms with Gasteiger partial charge in [0.1, 0.15) is 10.7 Å². The largest absolute Gasteiger partial charge is 0.347 e. The number of benzene rings is 1. The molecule has 0 radical (unpaired) electrons. The molecule has 28 heavy (non-hydrogen) atoms. The molecule has 1 aromatic carbocycles. The van der Waals surface area contributed by atoms with E-state index in [-0.39, 0.29) is 30.7 Å². The Kier molecular flexibility index (Phi) is 11.0. The Labute approximate surface area is 183 Å². The van der Waals surface area contributed by atoms with Gasteiger partial charge in [-0.15, -0.1) is 36.2 Å². The van der Waals surface area contributed by atoms with Crippen molar-refractivity contribution in [3.8, 4) is 0 Å². The fourth-order valence-electron chi connectivity index (χ4n) is 3.58. The summed E-state index contributed by atoms with van der Waals surface area (Å²) in [4.78, 5) is 19.0. The summed E-state index contributed by atoms with van der Waals surface area (Å²) < 4.78 is 0. The van der Waals surface area contributed by atoms with Crippen LogP contribution in [0.4, 0.5) is 0 Å². The summed E-state index contributed by atoms with van der Waals surface area (Å²) in [5, 5.41) is 5.54. The summed E-state index contributed by atoms with van der Waals surface area (Å²) in [7, 11) is 2.22. The van der Waals surface area contributed by atoms with E-state index in [1.165, 1.54) is 49.0 Å². The molecule has 1 aliphatic rings. The molecule has 156 valence electrons. The van der Waals surface area contributed by atoms with Crippen LogP contribution in [0.25, 0.3) is 0 Å². The normalized spacial score (nSPS) is 14.2. The van der Waals surface area contributed by atoms with Crippen molar-refractivity contribution in [3.05, 3.63) is 51.5 Å². The van der Waals surface area contributed by atoms with Crippen molar-refractivity contribution in [2.45, 2.75) is 57.8 Å². The molecule has 5 nitrogen and oxygen atoms in total. The summed E-state index contributed by atoms with van der Waals surface area (Å²) in [5.74, 6) is -0.142. The Morgan fingerprint density at radius 2 is 1.89 bits per heavy atom. The van der Waals surface area contributed by atoms with E-state index in [1.807, 2.05) is 6.07 Å². The molecule has 0 saturated heterocycles. The average Bonchev–Trinajstić information content (AvgIpc) is 3.17. The van der Waals surface area contributed by atoms with Gasteiger partial charge in [-0.25, -0.2) is 4.98 Å². The summed E-state index contributed by atoms with van der Waals surface area (Å²) in [6, 6.07) is 9.04. The number of nitrogens with two attached hydrogens (primary N) is 1. The lowest BCUT2D eigenvalue weighted by Gasteiger charge is -2.31. The van der Waals surface area contributed by atoms with Crippen molar-refractivity contribution >= 4 is 42.1 Å². The van der Waals surface area contributed by atoms with Crippen LogP contribution in [-0.2, 0) is 19.6 Å². The Balaban J connectivity index is 0.00000196. The van der Waals surface area contributed by atoms with E-state index < -0.39 is 0 Å². The van der Waals surface area contributed by atoms with Crippen molar-refractivity contribution in [3.63, 3.8) is 0 Å². The third kappa shape index (κ3) is 6.71. The Morgan fingerprint density at radius 1 is 1.21 bits per heavy atom. The van der Waals surface area contributed by atoms with Gasteiger partial charge in [0.15, 0.2) is 0 Å². The van der Waals surface area contributed by atoms with E-state index in [0.717, 1.165) is 17.1 Å². The number of carbonyl (C=O) groups excluding carboxylic acids is 1. The van der Waals surface area contributed by atoms with Gasteiger partial charge in [-0.05, 0) is 31.0 Å². The zero-order valence-corrected chi connectivity index (χ0v) is 18.7. The first-order chi connectivity index (χ1) is 12.7. The number of hydrogen-bond donors (Lipinski definition) is 2. The molecule has 1 heterocycles. The molecular formula is C20H30Cl2N4OS. The molecule has 1 fully saturated rings. The molecule has 2 aromatic rings. The van der Waals surface area contributed by atoms with E-state index in [9.17, 15) is 4.79 Å². The molecule has 1 aliphatic carbocycles. The molecule has 1 aromatic heterocycles. The number of thiazole rings is 1. The number of carbonyl (C=O) groups is 1. The predicted molar refractivity (Wildman–Crippen MR) is 120 cm³/mol. The maximum absolute atomic E-state index is 12.3. The second-order valence-electron chi connectivity index (χ2n) is 6.99.